The molecule has 0 aliphatic rings. The van der Waals surface area contributed by atoms with Gasteiger partial charge < -0.3 is 16.4 Å². The van der Waals surface area contributed by atoms with Crippen LogP contribution in [0.1, 0.15) is 36.2 Å². The van der Waals surface area contributed by atoms with Crippen LogP contribution in [0, 0.1) is 5.92 Å². The van der Waals surface area contributed by atoms with E-state index in [1.165, 1.54) is 5.56 Å². The molecule has 0 fully saturated rings. The standard InChI is InChI=1S/C21H27N3O2/c1-15(2)14-19(20(22)25)24-21(26)17-10-6-7-11-18(17)23-13-12-16-8-4-3-5-9-16/h3-11,15,19,23H,12-14H2,1-2H3,(H2,22,25)(H,24,26). The van der Waals surface area contributed by atoms with Crippen molar-refractivity contribution in [3.05, 3.63) is 65.7 Å². The van der Waals surface area contributed by atoms with Gasteiger partial charge in [-0.1, -0.05) is 56.3 Å². The van der Waals surface area contributed by atoms with Crippen molar-refractivity contribution in [1.29, 1.82) is 0 Å². The van der Waals surface area contributed by atoms with E-state index in [2.05, 4.69) is 22.8 Å². The summed E-state index contributed by atoms with van der Waals surface area (Å²) in [6.07, 6.45) is 1.37. The number of rotatable bonds is 9. The predicted octanol–water partition coefficient (Wildman–Crippen LogP) is 2.97. The highest BCUT2D eigenvalue weighted by Gasteiger charge is 2.21. The SMILES string of the molecule is CC(C)CC(NC(=O)c1ccccc1NCCc1ccccc1)C(N)=O. The van der Waals surface area contributed by atoms with Crippen molar-refractivity contribution >= 4 is 17.5 Å². The molecular formula is C21H27N3O2. The monoisotopic (exact) mass is 353 g/mol. The lowest BCUT2D eigenvalue weighted by Crippen LogP contribution is -2.45. The Labute approximate surface area is 155 Å². The Balaban J connectivity index is 2.02. The zero-order chi connectivity index (χ0) is 18.9. The summed E-state index contributed by atoms with van der Waals surface area (Å²) >= 11 is 0. The van der Waals surface area contributed by atoms with Crippen LogP contribution in [0.25, 0.3) is 0 Å². The minimum absolute atomic E-state index is 0.257. The smallest absolute Gasteiger partial charge is 0.254 e. The number of anilines is 1. The summed E-state index contributed by atoms with van der Waals surface area (Å²) in [5.41, 5.74) is 7.91. The summed E-state index contributed by atoms with van der Waals surface area (Å²) in [5.74, 6) is -0.550. The third kappa shape index (κ3) is 5.92. The number of primary amides is 1. The molecule has 0 aliphatic heterocycles. The van der Waals surface area contributed by atoms with Gasteiger partial charge in [-0.05, 0) is 36.5 Å². The first-order chi connectivity index (χ1) is 12.5. The Kier molecular flexibility index (Phi) is 7.21. The first kappa shape index (κ1) is 19.5. The zero-order valence-electron chi connectivity index (χ0n) is 15.4. The molecule has 5 heteroatoms. The molecule has 0 saturated heterocycles. The fourth-order valence-corrected chi connectivity index (χ4v) is 2.78. The second-order valence-electron chi connectivity index (χ2n) is 6.77. The van der Waals surface area contributed by atoms with Crippen LogP contribution in [-0.2, 0) is 11.2 Å². The van der Waals surface area contributed by atoms with Crippen molar-refractivity contribution in [1.82, 2.24) is 5.32 Å². The highest BCUT2D eigenvalue weighted by atomic mass is 16.2. The van der Waals surface area contributed by atoms with Gasteiger partial charge in [0.2, 0.25) is 5.91 Å². The summed E-state index contributed by atoms with van der Waals surface area (Å²) in [6, 6.07) is 16.8. The van der Waals surface area contributed by atoms with Crippen LogP contribution < -0.4 is 16.4 Å². The summed E-state index contributed by atoms with van der Waals surface area (Å²) in [6.45, 7) is 4.68. The summed E-state index contributed by atoms with van der Waals surface area (Å²) in [7, 11) is 0. The topological polar surface area (TPSA) is 84.2 Å². The number of hydrogen-bond acceptors (Lipinski definition) is 3. The lowest BCUT2D eigenvalue weighted by molar-refractivity contribution is -0.120. The molecular weight excluding hydrogens is 326 g/mol. The van der Waals surface area contributed by atoms with Crippen LogP contribution in [-0.4, -0.2) is 24.4 Å². The molecule has 0 aromatic heterocycles. The summed E-state index contributed by atoms with van der Waals surface area (Å²) in [4.78, 5) is 24.2. The van der Waals surface area contributed by atoms with E-state index in [9.17, 15) is 9.59 Å². The number of carbonyl (C=O) groups excluding carboxylic acids is 2. The van der Waals surface area contributed by atoms with E-state index in [4.69, 9.17) is 5.73 Å². The van der Waals surface area contributed by atoms with Crippen LogP contribution in [0.5, 0.6) is 0 Å². The fraction of sp³-hybridized carbons (Fsp3) is 0.333. The number of benzene rings is 2. The quantitative estimate of drug-likeness (QED) is 0.648. The van der Waals surface area contributed by atoms with E-state index in [0.29, 0.717) is 18.5 Å². The van der Waals surface area contributed by atoms with Gasteiger partial charge in [0.15, 0.2) is 0 Å². The average molecular weight is 353 g/mol. The molecule has 0 heterocycles. The molecule has 138 valence electrons. The highest BCUT2D eigenvalue weighted by molar-refractivity contribution is 6.01. The number of carbonyl (C=O) groups is 2. The first-order valence-electron chi connectivity index (χ1n) is 8.94. The molecule has 5 nitrogen and oxygen atoms in total. The average Bonchev–Trinajstić information content (AvgIpc) is 2.62. The number of amides is 2. The van der Waals surface area contributed by atoms with E-state index in [0.717, 1.165) is 12.1 Å². The molecule has 0 radical (unpaired) electrons. The normalized spacial score (nSPS) is 11.8. The van der Waals surface area contributed by atoms with Crippen molar-refractivity contribution in [2.45, 2.75) is 32.7 Å². The van der Waals surface area contributed by atoms with E-state index in [1.54, 1.807) is 12.1 Å². The second kappa shape index (κ2) is 9.61. The zero-order valence-corrected chi connectivity index (χ0v) is 15.4. The number of hydrogen-bond donors (Lipinski definition) is 3. The Hall–Kier alpha value is -2.82. The molecule has 26 heavy (non-hydrogen) atoms. The molecule has 1 unspecified atom stereocenters. The van der Waals surface area contributed by atoms with Crippen molar-refractivity contribution < 1.29 is 9.59 Å². The molecule has 1 atom stereocenters. The Bertz CT molecular complexity index is 729. The van der Waals surface area contributed by atoms with Crippen molar-refractivity contribution in [2.75, 3.05) is 11.9 Å². The van der Waals surface area contributed by atoms with Crippen molar-refractivity contribution in [3.63, 3.8) is 0 Å². The minimum Gasteiger partial charge on any atom is -0.384 e. The maximum Gasteiger partial charge on any atom is 0.254 e. The van der Waals surface area contributed by atoms with Gasteiger partial charge in [-0.25, -0.2) is 0 Å². The van der Waals surface area contributed by atoms with Gasteiger partial charge >= 0.3 is 0 Å². The molecule has 4 N–H and O–H groups in total. The van der Waals surface area contributed by atoms with Crippen LogP contribution in [0.4, 0.5) is 5.69 Å². The maximum absolute atomic E-state index is 12.6. The van der Waals surface area contributed by atoms with Crippen LogP contribution in [0.15, 0.2) is 54.6 Å². The van der Waals surface area contributed by atoms with Crippen LogP contribution >= 0.6 is 0 Å². The molecule has 2 aromatic rings. The molecule has 0 spiro atoms. The van der Waals surface area contributed by atoms with Gasteiger partial charge in [0.05, 0.1) is 5.56 Å². The Morgan fingerprint density at radius 2 is 1.65 bits per heavy atom. The number of nitrogens with two attached hydrogens (primary N) is 1. The van der Waals surface area contributed by atoms with Gasteiger partial charge in [0, 0.05) is 12.2 Å². The summed E-state index contributed by atoms with van der Waals surface area (Å²) < 4.78 is 0. The van der Waals surface area contributed by atoms with Crippen molar-refractivity contribution in [2.24, 2.45) is 11.7 Å². The molecule has 2 aromatic carbocycles. The lowest BCUT2D eigenvalue weighted by Gasteiger charge is -2.19. The van der Waals surface area contributed by atoms with E-state index in [1.807, 2.05) is 44.2 Å². The molecule has 2 rings (SSSR count). The summed E-state index contributed by atoms with van der Waals surface area (Å²) in [5, 5.41) is 6.07. The maximum atomic E-state index is 12.6. The molecule has 0 saturated carbocycles. The fourth-order valence-electron chi connectivity index (χ4n) is 2.78. The lowest BCUT2D eigenvalue weighted by atomic mass is 10.0. The molecule has 2 amide bonds. The van der Waals surface area contributed by atoms with Crippen LogP contribution in [0.3, 0.4) is 0 Å². The van der Waals surface area contributed by atoms with Crippen molar-refractivity contribution in [3.8, 4) is 0 Å². The van der Waals surface area contributed by atoms with Gasteiger partial charge in [-0.3, -0.25) is 9.59 Å². The van der Waals surface area contributed by atoms with Gasteiger partial charge in [0.25, 0.3) is 5.91 Å². The number of para-hydroxylation sites is 1. The van der Waals surface area contributed by atoms with E-state index < -0.39 is 11.9 Å². The van der Waals surface area contributed by atoms with E-state index >= 15 is 0 Å². The Morgan fingerprint density at radius 1 is 1.00 bits per heavy atom. The number of nitrogens with one attached hydrogen (secondary N) is 2. The van der Waals surface area contributed by atoms with E-state index in [-0.39, 0.29) is 11.8 Å². The molecule has 0 bridgehead atoms. The largest absolute Gasteiger partial charge is 0.384 e. The third-order valence-electron chi connectivity index (χ3n) is 4.10. The molecule has 0 aliphatic carbocycles. The van der Waals surface area contributed by atoms with Gasteiger partial charge in [-0.15, -0.1) is 0 Å². The Morgan fingerprint density at radius 3 is 2.31 bits per heavy atom. The predicted molar refractivity (Wildman–Crippen MR) is 105 cm³/mol. The highest BCUT2D eigenvalue weighted by Crippen LogP contribution is 2.16. The van der Waals surface area contributed by atoms with Gasteiger partial charge in [0.1, 0.15) is 6.04 Å². The van der Waals surface area contributed by atoms with Gasteiger partial charge in [-0.2, -0.15) is 0 Å². The minimum atomic E-state index is -0.667. The second-order valence-corrected chi connectivity index (χ2v) is 6.77. The third-order valence-corrected chi connectivity index (χ3v) is 4.10. The first-order valence-corrected chi connectivity index (χ1v) is 8.94. The van der Waals surface area contributed by atoms with Crippen LogP contribution in [0.2, 0.25) is 0 Å².